The second-order valence-corrected chi connectivity index (χ2v) is 5.65. The van der Waals surface area contributed by atoms with E-state index in [1.165, 1.54) is 38.8 Å². The van der Waals surface area contributed by atoms with Crippen LogP contribution in [0.3, 0.4) is 0 Å². The number of hydrogen-bond donors (Lipinski definition) is 2. The quantitative estimate of drug-likeness (QED) is 0.341. The number of rotatable bonds is 4. The first-order chi connectivity index (χ1) is 8.70. The van der Waals surface area contributed by atoms with Gasteiger partial charge in [-0.15, -0.1) is 0 Å². The molecule has 1 aliphatic carbocycles. The molecule has 0 spiro atoms. The van der Waals surface area contributed by atoms with Crippen LogP contribution in [-0.2, 0) is 0 Å². The molecular formula is C13H26N4O. The predicted octanol–water partition coefficient (Wildman–Crippen LogP) is 1.07. The molecule has 2 fully saturated rings. The first kappa shape index (κ1) is 13.6. The maximum absolute atomic E-state index is 8.60. The van der Waals surface area contributed by atoms with Gasteiger partial charge >= 0.3 is 0 Å². The fourth-order valence-electron chi connectivity index (χ4n) is 3.29. The average molecular weight is 254 g/mol. The van der Waals surface area contributed by atoms with Crippen LogP contribution in [0.15, 0.2) is 5.16 Å². The van der Waals surface area contributed by atoms with Gasteiger partial charge in [0.2, 0.25) is 0 Å². The molecule has 0 radical (unpaired) electrons. The molecule has 0 aromatic carbocycles. The first-order valence-electron chi connectivity index (χ1n) is 7.15. The summed E-state index contributed by atoms with van der Waals surface area (Å²) in [5.74, 6) is 0.334. The Morgan fingerprint density at radius 3 is 2.44 bits per heavy atom. The van der Waals surface area contributed by atoms with Crippen LogP contribution in [-0.4, -0.2) is 59.1 Å². The molecule has 1 saturated heterocycles. The van der Waals surface area contributed by atoms with Gasteiger partial charge in [-0.1, -0.05) is 18.0 Å². The minimum Gasteiger partial charge on any atom is -0.409 e. The molecular weight excluding hydrogens is 228 g/mol. The van der Waals surface area contributed by atoms with Gasteiger partial charge in [0.1, 0.15) is 5.84 Å². The van der Waals surface area contributed by atoms with E-state index >= 15 is 0 Å². The van der Waals surface area contributed by atoms with Crippen molar-refractivity contribution >= 4 is 5.84 Å². The molecule has 0 bridgehead atoms. The third kappa shape index (κ3) is 3.36. The van der Waals surface area contributed by atoms with Gasteiger partial charge in [-0.3, -0.25) is 9.80 Å². The van der Waals surface area contributed by atoms with Crippen LogP contribution in [0.4, 0.5) is 0 Å². The topological polar surface area (TPSA) is 65.1 Å². The Bertz CT molecular complexity index is 281. The van der Waals surface area contributed by atoms with Gasteiger partial charge in [0.25, 0.3) is 0 Å². The first-order valence-corrected chi connectivity index (χ1v) is 7.15. The van der Waals surface area contributed by atoms with Gasteiger partial charge in [-0.05, 0) is 19.8 Å². The van der Waals surface area contributed by atoms with E-state index < -0.39 is 0 Å². The van der Waals surface area contributed by atoms with Crippen molar-refractivity contribution in [3.05, 3.63) is 0 Å². The zero-order valence-corrected chi connectivity index (χ0v) is 11.4. The van der Waals surface area contributed by atoms with E-state index in [1.807, 2.05) is 0 Å². The predicted molar refractivity (Wildman–Crippen MR) is 72.9 cm³/mol. The molecule has 1 aliphatic heterocycles. The summed E-state index contributed by atoms with van der Waals surface area (Å²) in [7, 11) is 0. The lowest BCUT2D eigenvalue weighted by molar-refractivity contribution is 0.0767. The Morgan fingerprint density at radius 2 is 1.89 bits per heavy atom. The summed E-state index contributed by atoms with van der Waals surface area (Å²) in [6.07, 6.45) is 6.24. The van der Waals surface area contributed by atoms with Crippen molar-refractivity contribution in [2.24, 2.45) is 10.9 Å². The van der Waals surface area contributed by atoms with E-state index in [4.69, 9.17) is 10.9 Å². The molecule has 0 aromatic heterocycles. The van der Waals surface area contributed by atoms with Crippen LogP contribution in [0, 0.1) is 0 Å². The number of piperazine rings is 1. The molecule has 2 aliphatic rings. The Kier molecular flexibility index (Phi) is 4.83. The van der Waals surface area contributed by atoms with Gasteiger partial charge in [-0.25, -0.2) is 0 Å². The van der Waals surface area contributed by atoms with Crippen LogP contribution in [0.25, 0.3) is 0 Å². The fourth-order valence-corrected chi connectivity index (χ4v) is 3.29. The molecule has 2 rings (SSSR count). The number of hydrogen-bond acceptors (Lipinski definition) is 4. The van der Waals surface area contributed by atoms with E-state index in [2.05, 4.69) is 21.9 Å². The number of nitrogens with zero attached hydrogens (tertiary/aromatic N) is 3. The second kappa shape index (κ2) is 6.38. The summed E-state index contributed by atoms with van der Waals surface area (Å²) in [6, 6.07) is 1.21. The van der Waals surface area contributed by atoms with E-state index in [1.54, 1.807) is 0 Å². The normalized spacial score (nSPS) is 26.6. The smallest absolute Gasteiger partial charge is 0.140 e. The number of nitrogens with two attached hydrogens (primary N) is 1. The summed E-state index contributed by atoms with van der Waals surface area (Å²) in [5.41, 5.74) is 5.57. The lowest BCUT2D eigenvalue weighted by Crippen LogP contribution is -2.52. The number of oxime groups is 1. The minimum absolute atomic E-state index is 0.334. The maximum Gasteiger partial charge on any atom is 0.140 e. The Balaban J connectivity index is 1.75. The molecule has 0 aromatic rings. The third-order valence-electron chi connectivity index (χ3n) is 4.45. The molecule has 1 unspecified atom stereocenters. The molecule has 3 N–H and O–H groups in total. The van der Waals surface area contributed by atoms with Gasteiger partial charge in [0, 0.05) is 44.7 Å². The van der Waals surface area contributed by atoms with Crippen molar-refractivity contribution in [3.8, 4) is 0 Å². The standard InChI is InChI=1S/C13H26N4O/c1-11(10-13(14)15-18)16-6-8-17(9-7-16)12-4-2-3-5-12/h11-12,18H,2-10H2,1H3,(H2,14,15). The van der Waals surface area contributed by atoms with Gasteiger partial charge in [0.05, 0.1) is 0 Å². The summed E-state index contributed by atoms with van der Waals surface area (Å²) in [6.45, 7) is 6.71. The van der Waals surface area contributed by atoms with Crippen LogP contribution in [0.1, 0.15) is 39.0 Å². The molecule has 1 heterocycles. The Hall–Kier alpha value is -0.810. The summed E-state index contributed by atoms with van der Waals surface area (Å²) in [4.78, 5) is 5.10. The van der Waals surface area contributed by atoms with Crippen molar-refractivity contribution in [1.29, 1.82) is 0 Å². The van der Waals surface area contributed by atoms with Crippen molar-refractivity contribution in [3.63, 3.8) is 0 Å². The molecule has 18 heavy (non-hydrogen) atoms. The molecule has 5 heteroatoms. The summed E-state index contributed by atoms with van der Waals surface area (Å²) < 4.78 is 0. The highest BCUT2D eigenvalue weighted by atomic mass is 16.4. The van der Waals surface area contributed by atoms with Crippen LogP contribution < -0.4 is 5.73 Å². The van der Waals surface area contributed by atoms with E-state index in [9.17, 15) is 0 Å². The molecule has 0 amide bonds. The van der Waals surface area contributed by atoms with E-state index in [-0.39, 0.29) is 0 Å². The summed E-state index contributed by atoms with van der Waals surface area (Å²) >= 11 is 0. The van der Waals surface area contributed by atoms with Crippen molar-refractivity contribution in [2.45, 2.75) is 51.1 Å². The fraction of sp³-hybridized carbons (Fsp3) is 0.923. The molecule has 1 atom stereocenters. The summed E-state index contributed by atoms with van der Waals surface area (Å²) in [5, 5.41) is 11.7. The second-order valence-electron chi connectivity index (χ2n) is 5.65. The third-order valence-corrected chi connectivity index (χ3v) is 4.45. The highest BCUT2D eigenvalue weighted by Crippen LogP contribution is 2.24. The largest absolute Gasteiger partial charge is 0.409 e. The van der Waals surface area contributed by atoms with Gasteiger partial charge in [-0.2, -0.15) is 0 Å². The van der Waals surface area contributed by atoms with E-state index in [0.717, 1.165) is 19.1 Å². The lowest BCUT2D eigenvalue weighted by Gasteiger charge is -2.40. The average Bonchev–Trinajstić information content (AvgIpc) is 2.92. The van der Waals surface area contributed by atoms with Crippen molar-refractivity contribution in [2.75, 3.05) is 26.2 Å². The van der Waals surface area contributed by atoms with Crippen molar-refractivity contribution < 1.29 is 5.21 Å². The molecule has 5 nitrogen and oxygen atoms in total. The molecule has 104 valence electrons. The SMILES string of the molecule is CC(CC(N)=NO)N1CCN(C2CCCC2)CC1. The Labute approximate surface area is 110 Å². The highest BCUT2D eigenvalue weighted by Gasteiger charge is 2.27. The van der Waals surface area contributed by atoms with Gasteiger partial charge in [0.15, 0.2) is 0 Å². The highest BCUT2D eigenvalue weighted by molar-refractivity contribution is 5.80. The van der Waals surface area contributed by atoms with Gasteiger partial charge < -0.3 is 10.9 Å². The molecule has 1 saturated carbocycles. The lowest BCUT2D eigenvalue weighted by atomic mass is 10.1. The van der Waals surface area contributed by atoms with Crippen LogP contribution in [0.2, 0.25) is 0 Å². The monoisotopic (exact) mass is 254 g/mol. The minimum atomic E-state index is 0.334. The number of amidine groups is 1. The van der Waals surface area contributed by atoms with Crippen molar-refractivity contribution in [1.82, 2.24) is 9.80 Å². The Morgan fingerprint density at radius 1 is 1.28 bits per heavy atom. The van der Waals surface area contributed by atoms with Crippen LogP contribution in [0.5, 0.6) is 0 Å². The zero-order valence-electron chi connectivity index (χ0n) is 11.4. The maximum atomic E-state index is 8.60. The zero-order chi connectivity index (χ0) is 13.0. The van der Waals surface area contributed by atoms with Crippen LogP contribution >= 0.6 is 0 Å². The van der Waals surface area contributed by atoms with E-state index in [0.29, 0.717) is 18.3 Å².